The summed E-state index contributed by atoms with van der Waals surface area (Å²) in [6, 6.07) is 12.9. The van der Waals surface area contributed by atoms with Crippen LogP contribution in [0.2, 0.25) is 0 Å². The second kappa shape index (κ2) is 7.50. The van der Waals surface area contributed by atoms with E-state index in [-0.39, 0.29) is 30.0 Å². The monoisotopic (exact) mass is 391 g/mol. The maximum absolute atomic E-state index is 13.2. The summed E-state index contributed by atoms with van der Waals surface area (Å²) in [5.41, 5.74) is 1.98. The number of fused-ring (bicyclic) bond motifs is 2. The molecule has 0 saturated carbocycles. The Morgan fingerprint density at radius 3 is 2.52 bits per heavy atom. The number of nitrogens with one attached hydrogen (secondary N) is 1. The van der Waals surface area contributed by atoms with Gasteiger partial charge in [0.15, 0.2) is 5.78 Å². The number of ketones is 1. The van der Waals surface area contributed by atoms with Crippen LogP contribution in [0, 0.1) is 0 Å². The van der Waals surface area contributed by atoms with E-state index in [4.69, 9.17) is 0 Å². The molecular formula is C22H21N3O4. The molecular weight excluding hydrogens is 370 g/mol. The number of hydrogen-bond donors (Lipinski definition) is 1. The third kappa shape index (κ3) is 3.51. The quantitative estimate of drug-likeness (QED) is 0.812. The Morgan fingerprint density at radius 1 is 1.07 bits per heavy atom. The fourth-order valence-corrected chi connectivity index (χ4v) is 3.91. The number of para-hydroxylation sites is 1. The molecule has 7 heteroatoms. The zero-order valence-electron chi connectivity index (χ0n) is 16.1. The second-order valence-electron chi connectivity index (χ2n) is 7.28. The number of hydrogen-bond acceptors (Lipinski definition) is 4. The number of benzene rings is 2. The highest BCUT2D eigenvalue weighted by Gasteiger charge is 2.42. The summed E-state index contributed by atoms with van der Waals surface area (Å²) in [5.74, 6) is -0.829. The number of rotatable bonds is 4. The van der Waals surface area contributed by atoms with Gasteiger partial charge in [0.25, 0.3) is 5.91 Å². The van der Waals surface area contributed by atoms with Gasteiger partial charge in [-0.3, -0.25) is 19.2 Å². The van der Waals surface area contributed by atoms with Gasteiger partial charge in [-0.1, -0.05) is 12.1 Å². The molecule has 2 aromatic carbocycles. The van der Waals surface area contributed by atoms with Crippen molar-refractivity contribution in [1.82, 2.24) is 4.90 Å². The lowest BCUT2D eigenvalue weighted by Gasteiger charge is -2.25. The molecule has 2 aliphatic heterocycles. The van der Waals surface area contributed by atoms with Crippen LogP contribution in [0.4, 0.5) is 11.4 Å². The zero-order chi connectivity index (χ0) is 20.5. The second-order valence-corrected chi connectivity index (χ2v) is 7.28. The standard InChI is InChI=1S/C22H21N3O4/c1-14(26)15-8-10-16(11-9-15)23-20(27)13-25-18-6-3-2-5-17(18)21(28)24-12-4-7-19(24)22(25)29/h2-3,5-6,8-11,19H,4,7,12-13H2,1H3,(H,23,27)/t19-/m0/s1. The molecule has 29 heavy (non-hydrogen) atoms. The van der Waals surface area contributed by atoms with E-state index >= 15 is 0 Å². The van der Waals surface area contributed by atoms with Crippen LogP contribution < -0.4 is 10.2 Å². The predicted molar refractivity (Wildman–Crippen MR) is 108 cm³/mol. The summed E-state index contributed by atoms with van der Waals surface area (Å²) in [7, 11) is 0. The average molecular weight is 391 g/mol. The van der Waals surface area contributed by atoms with E-state index in [9.17, 15) is 19.2 Å². The number of carbonyl (C=O) groups is 4. The molecule has 2 aliphatic rings. The number of Topliss-reactive ketones (excluding diaryl/α,β-unsaturated/α-hetero) is 1. The highest BCUT2D eigenvalue weighted by atomic mass is 16.2. The van der Waals surface area contributed by atoms with Crippen LogP contribution in [-0.4, -0.2) is 47.5 Å². The van der Waals surface area contributed by atoms with Gasteiger partial charge in [-0.25, -0.2) is 0 Å². The molecule has 1 fully saturated rings. The molecule has 1 atom stereocenters. The average Bonchev–Trinajstić information content (AvgIpc) is 3.19. The normalized spacial score (nSPS) is 18.2. The Hall–Kier alpha value is -3.48. The summed E-state index contributed by atoms with van der Waals surface area (Å²) >= 11 is 0. The Kier molecular flexibility index (Phi) is 4.88. The molecule has 1 N–H and O–H groups in total. The first-order valence-electron chi connectivity index (χ1n) is 9.58. The lowest BCUT2D eigenvalue weighted by Crippen LogP contribution is -2.47. The van der Waals surface area contributed by atoms with Gasteiger partial charge in [0.1, 0.15) is 12.6 Å². The molecule has 0 aromatic heterocycles. The molecule has 0 aliphatic carbocycles. The molecule has 0 bridgehead atoms. The summed E-state index contributed by atoms with van der Waals surface area (Å²) in [5, 5.41) is 2.76. The largest absolute Gasteiger partial charge is 0.327 e. The van der Waals surface area contributed by atoms with E-state index in [2.05, 4.69) is 5.32 Å². The summed E-state index contributed by atoms with van der Waals surface area (Å²) in [4.78, 5) is 53.1. The lowest BCUT2D eigenvalue weighted by atomic mass is 10.1. The molecule has 3 amide bonds. The predicted octanol–water partition coefficient (Wildman–Crippen LogP) is 2.48. The van der Waals surface area contributed by atoms with Gasteiger partial charge in [-0.2, -0.15) is 0 Å². The van der Waals surface area contributed by atoms with Crippen molar-refractivity contribution in [1.29, 1.82) is 0 Å². The Balaban J connectivity index is 1.58. The molecule has 0 spiro atoms. The van der Waals surface area contributed by atoms with E-state index in [0.29, 0.717) is 35.5 Å². The van der Waals surface area contributed by atoms with Crippen LogP contribution in [0.25, 0.3) is 0 Å². The molecule has 4 rings (SSSR count). The van der Waals surface area contributed by atoms with Crippen molar-refractivity contribution in [3.05, 3.63) is 59.7 Å². The van der Waals surface area contributed by atoms with E-state index in [1.807, 2.05) is 0 Å². The number of nitrogens with zero attached hydrogens (tertiary/aromatic N) is 2. The lowest BCUT2D eigenvalue weighted by molar-refractivity contribution is -0.124. The molecule has 0 radical (unpaired) electrons. The summed E-state index contributed by atoms with van der Waals surface area (Å²) in [6.45, 7) is 1.83. The van der Waals surface area contributed by atoms with Gasteiger partial charge in [-0.05, 0) is 56.2 Å². The van der Waals surface area contributed by atoms with Gasteiger partial charge in [0.05, 0.1) is 11.3 Å². The van der Waals surface area contributed by atoms with E-state index < -0.39 is 6.04 Å². The van der Waals surface area contributed by atoms with E-state index in [1.54, 1.807) is 53.4 Å². The van der Waals surface area contributed by atoms with Crippen LogP contribution >= 0.6 is 0 Å². The van der Waals surface area contributed by atoms with Crippen molar-refractivity contribution in [3.63, 3.8) is 0 Å². The van der Waals surface area contributed by atoms with Crippen molar-refractivity contribution in [3.8, 4) is 0 Å². The Bertz CT molecular complexity index is 999. The third-order valence-corrected chi connectivity index (χ3v) is 5.37. The van der Waals surface area contributed by atoms with Crippen molar-refractivity contribution >= 4 is 34.9 Å². The third-order valence-electron chi connectivity index (χ3n) is 5.37. The first kappa shape index (κ1) is 18.9. The SMILES string of the molecule is CC(=O)c1ccc(NC(=O)CN2C(=O)[C@@H]3CCCN3C(=O)c3ccccc32)cc1. The van der Waals surface area contributed by atoms with Crippen LogP contribution in [0.15, 0.2) is 48.5 Å². The molecule has 2 heterocycles. The molecule has 0 unspecified atom stereocenters. The minimum atomic E-state index is -0.530. The zero-order valence-corrected chi connectivity index (χ0v) is 16.1. The highest BCUT2D eigenvalue weighted by molar-refractivity contribution is 6.13. The first-order valence-corrected chi connectivity index (χ1v) is 9.58. The molecule has 148 valence electrons. The van der Waals surface area contributed by atoms with Gasteiger partial charge < -0.3 is 15.1 Å². The summed E-state index contributed by atoms with van der Waals surface area (Å²) < 4.78 is 0. The van der Waals surface area contributed by atoms with Crippen LogP contribution in [0.1, 0.15) is 40.5 Å². The molecule has 7 nitrogen and oxygen atoms in total. The molecule has 2 aromatic rings. The van der Waals surface area contributed by atoms with Gasteiger partial charge in [-0.15, -0.1) is 0 Å². The number of carbonyl (C=O) groups excluding carboxylic acids is 4. The smallest absolute Gasteiger partial charge is 0.256 e. The van der Waals surface area contributed by atoms with Crippen molar-refractivity contribution in [2.45, 2.75) is 25.8 Å². The number of amides is 3. The maximum atomic E-state index is 13.2. The van der Waals surface area contributed by atoms with Crippen molar-refractivity contribution in [2.24, 2.45) is 0 Å². The summed E-state index contributed by atoms with van der Waals surface area (Å²) in [6.07, 6.45) is 1.37. The van der Waals surface area contributed by atoms with Gasteiger partial charge in [0, 0.05) is 17.8 Å². The minimum absolute atomic E-state index is 0.0552. The van der Waals surface area contributed by atoms with Crippen LogP contribution in [-0.2, 0) is 9.59 Å². The van der Waals surface area contributed by atoms with Crippen LogP contribution in [0.5, 0.6) is 0 Å². The first-order chi connectivity index (χ1) is 14.0. The van der Waals surface area contributed by atoms with Crippen molar-refractivity contribution < 1.29 is 19.2 Å². The van der Waals surface area contributed by atoms with Crippen molar-refractivity contribution in [2.75, 3.05) is 23.3 Å². The minimum Gasteiger partial charge on any atom is -0.327 e. The van der Waals surface area contributed by atoms with Gasteiger partial charge >= 0.3 is 0 Å². The van der Waals surface area contributed by atoms with E-state index in [1.165, 1.54) is 11.8 Å². The van der Waals surface area contributed by atoms with Gasteiger partial charge in [0.2, 0.25) is 11.8 Å². The highest BCUT2D eigenvalue weighted by Crippen LogP contribution is 2.32. The topological polar surface area (TPSA) is 86.8 Å². The molecule has 1 saturated heterocycles. The van der Waals surface area contributed by atoms with Crippen LogP contribution in [0.3, 0.4) is 0 Å². The fourth-order valence-electron chi connectivity index (χ4n) is 3.91. The van der Waals surface area contributed by atoms with E-state index in [0.717, 1.165) is 6.42 Å². The fraction of sp³-hybridized carbons (Fsp3) is 0.273. The number of anilines is 2. The Labute approximate surface area is 168 Å². The maximum Gasteiger partial charge on any atom is 0.256 e. The Morgan fingerprint density at radius 2 is 1.79 bits per heavy atom.